The number of hydrogen-bond acceptors (Lipinski definition) is 2. The minimum Gasteiger partial charge on any atom is -0.392 e. The Hall–Kier alpha value is -1.35. The van der Waals surface area contributed by atoms with Crippen LogP contribution in [0.5, 0.6) is 0 Å². The van der Waals surface area contributed by atoms with Crippen molar-refractivity contribution < 1.29 is 9.90 Å². The Bertz CT molecular complexity index is 358. The zero-order valence-corrected chi connectivity index (χ0v) is 8.81. The zero-order chi connectivity index (χ0) is 10.8. The van der Waals surface area contributed by atoms with Crippen molar-refractivity contribution in [2.24, 2.45) is 0 Å². The maximum Gasteiger partial charge on any atom is 0.227 e. The van der Waals surface area contributed by atoms with Crippen molar-refractivity contribution >= 4 is 11.6 Å². The first-order chi connectivity index (χ1) is 7.22. The van der Waals surface area contributed by atoms with E-state index >= 15 is 0 Å². The van der Waals surface area contributed by atoms with Gasteiger partial charge < -0.3 is 10.0 Å². The average Bonchev–Trinajstić information content (AvgIpc) is 2.59. The van der Waals surface area contributed by atoms with E-state index in [1.165, 1.54) is 0 Å². The molecule has 0 spiro atoms. The summed E-state index contributed by atoms with van der Waals surface area (Å²) in [7, 11) is 0. The fraction of sp³-hybridized carbons (Fsp3) is 0.417. The smallest absolute Gasteiger partial charge is 0.227 e. The molecule has 0 saturated carbocycles. The average molecular weight is 205 g/mol. The van der Waals surface area contributed by atoms with E-state index in [-0.39, 0.29) is 18.6 Å². The van der Waals surface area contributed by atoms with Crippen LogP contribution in [0.3, 0.4) is 0 Å². The molecule has 15 heavy (non-hydrogen) atoms. The van der Waals surface area contributed by atoms with Gasteiger partial charge in [0.15, 0.2) is 0 Å². The molecule has 0 aliphatic carbocycles. The van der Waals surface area contributed by atoms with Gasteiger partial charge >= 0.3 is 0 Å². The molecule has 1 aromatic carbocycles. The van der Waals surface area contributed by atoms with Gasteiger partial charge in [-0.05, 0) is 31.0 Å². The summed E-state index contributed by atoms with van der Waals surface area (Å²) in [6.45, 7) is 2.11. The van der Waals surface area contributed by atoms with Gasteiger partial charge in [-0.2, -0.15) is 0 Å². The van der Waals surface area contributed by atoms with Crippen molar-refractivity contribution in [2.75, 3.05) is 4.90 Å². The van der Waals surface area contributed by atoms with E-state index in [0.717, 1.165) is 17.7 Å². The van der Waals surface area contributed by atoms with Crippen LogP contribution >= 0.6 is 0 Å². The third kappa shape index (κ3) is 1.88. The molecule has 1 atom stereocenters. The van der Waals surface area contributed by atoms with Crippen molar-refractivity contribution in [1.82, 2.24) is 0 Å². The highest BCUT2D eigenvalue weighted by atomic mass is 16.3. The largest absolute Gasteiger partial charge is 0.392 e. The lowest BCUT2D eigenvalue weighted by Crippen LogP contribution is -2.30. The maximum absolute atomic E-state index is 11.6. The number of nitrogens with zero attached hydrogens (tertiary/aromatic N) is 1. The van der Waals surface area contributed by atoms with Crippen molar-refractivity contribution in [3.05, 3.63) is 29.8 Å². The highest BCUT2D eigenvalue weighted by Gasteiger charge is 2.28. The zero-order valence-electron chi connectivity index (χ0n) is 8.81. The summed E-state index contributed by atoms with van der Waals surface area (Å²) in [6.07, 6.45) is 1.57. The first-order valence-electron chi connectivity index (χ1n) is 5.24. The third-order valence-electron chi connectivity index (χ3n) is 2.88. The van der Waals surface area contributed by atoms with Gasteiger partial charge in [-0.3, -0.25) is 4.79 Å². The highest BCUT2D eigenvalue weighted by molar-refractivity contribution is 5.96. The van der Waals surface area contributed by atoms with Crippen molar-refractivity contribution in [3.8, 4) is 0 Å². The van der Waals surface area contributed by atoms with E-state index in [9.17, 15) is 4.79 Å². The molecule has 1 aliphatic heterocycles. The van der Waals surface area contributed by atoms with Crippen molar-refractivity contribution in [2.45, 2.75) is 32.4 Å². The number of rotatable bonds is 2. The lowest BCUT2D eigenvalue weighted by Gasteiger charge is -2.21. The number of carbonyl (C=O) groups excluding carboxylic acids is 1. The number of aliphatic hydroxyl groups excluding tert-OH is 1. The predicted octanol–water partition coefficient (Wildman–Crippen LogP) is 1.69. The van der Waals surface area contributed by atoms with E-state index in [2.05, 4.69) is 6.92 Å². The molecular weight excluding hydrogens is 190 g/mol. The molecule has 1 fully saturated rings. The highest BCUT2D eigenvalue weighted by Crippen LogP contribution is 2.26. The molecule has 1 N–H and O–H groups in total. The number of benzene rings is 1. The van der Waals surface area contributed by atoms with E-state index in [0.29, 0.717) is 6.42 Å². The van der Waals surface area contributed by atoms with E-state index in [1.54, 1.807) is 0 Å². The van der Waals surface area contributed by atoms with Crippen LogP contribution in [-0.2, 0) is 11.4 Å². The van der Waals surface area contributed by atoms with Gasteiger partial charge in [0, 0.05) is 18.2 Å². The lowest BCUT2D eigenvalue weighted by atomic mass is 10.2. The second-order valence-corrected chi connectivity index (χ2v) is 3.98. The topological polar surface area (TPSA) is 40.5 Å². The van der Waals surface area contributed by atoms with Crippen LogP contribution in [0.4, 0.5) is 5.69 Å². The minimum atomic E-state index is 0.0454. The Kier molecular flexibility index (Phi) is 2.73. The quantitative estimate of drug-likeness (QED) is 0.798. The number of amides is 1. The molecule has 1 amide bonds. The molecule has 3 nitrogen and oxygen atoms in total. The minimum absolute atomic E-state index is 0.0454. The molecule has 0 bridgehead atoms. The summed E-state index contributed by atoms with van der Waals surface area (Å²) in [4.78, 5) is 13.5. The lowest BCUT2D eigenvalue weighted by molar-refractivity contribution is -0.117. The fourth-order valence-corrected chi connectivity index (χ4v) is 1.99. The van der Waals surface area contributed by atoms with Crippen LogP contribution in [0.25, 0.3) is 0 Å². The Labute approximate surface area is 89.3 Å². The van der Waals surface area contributed by atoms with E-state index < -0.39 is 0 Å². The molecule has 1 aromatic rings. The van der Waals surface area contributed by atoms with Crippen molar-refractivity contribution in [1.29, 1.82) is 0 Å². The Morgan fingerprint density at radius 2 is 2.07 bits per heavy atom. The monoisotopic (exact) mass is 205 g/mol. The van der Waals surface area contributed by atoms with E-state index in [4.69, 9.17) is 5.11 Å². The summed E-state index contributed by atoms with van der Waals surface area (Å²) in [5, 5.41) is 8.92. The van der Waals surface area contributed by atoms with Gasteiger partial charge in [-0.1, -0.05) is 12.1 Å². The maximum atomic E-state index is 11.6. The first-order valence-corrected chi connectivity index (χ1v) is 5.24. The van der Waals surface area contributed by atoms with Gasteiger partial charge in [0.1, 0.15) is 0 Å². The molecule has 2 rings (SSSR count). The normalized spacial score (nSPS) is 21.1. The molecule has 1 unspecified atom stereocenters. The Morgan fingerprint density at radius 3 is 2.53 bits per heavy atom. The molecule has 3 heteroatoms. The number of anilines is 1. The second kappa shape index (κ2) is 4.03. The van der Waals surface area contributed by atoms with Gasteiger partial charge in [-0.15, -0.1) is 0 Å². The summed E-state index contributed by atoms with van der Waals surface area (Å²) >= 11 is 0. The van der Waals surface area contributed by atoms with Gasteiger partial charge in [0.05, 0.1) is 6.61 Å². The molecule has 1 heterocycles. The van der Waals surface area contributed by atoms with Crippen LogP contribution in [-0.4, -0.2) is 17.1 Å². The summed E-state index contributed by atoms with van der Waals surface area (Å²) in [5.74, 6) is 0.194. The second-order valence-electron chi connectivity index (χ2n) is 3.98. The first kappa shape index (κ1) is 10.2. The van der Waals surface area contributed by atoms with Gasteiger partial charge in [0.25, 0.3) is 0 Å². The molecule has 1 aliphatic rings. The molecule has 0 radical (unpaired) electrons. The van der Waals surface area contributed by atoms with Gasteiger partial charge in [0.2, 0.25) is 5.91 Å². The Balaban J connectivity index is 2.25. The van der Waals surface area contributed by atoms with E-state index in [1.807, 2.05) is 29.2 Å². The molecule has 80 valence electrons. The number of aliphatic hydroxyl groups is 1. The van der Waals surface area contributed by atoms with Gasteiger partial charge in [-0.25, -0.2) is 0 Å². The number of carbonyl (C=O) groups is 1. The van der Waals surface area contributed by atoms with Crippen LogP contribution in [0.2, 0.25) is 0 Å². The SMILES string of the molecule is CC1CCC(=O)N1c1ccc(CO)cc1. The van der Waals surface area contributed by atoms with Crippen LogP contribution in [0, 0.1) is 0 Å². The standard InChI is InChI=1S/C12H15NO2/c1-9-2-7-12(15)13(9)11-5-3-10(8-14)4-6-11/h3-6,9,14H,2,7-8H2,1H3. The predicted molar refractivity (Wildman–Crippen MR) is 58.5 cm³/mol. The number of hydrogen-bond donors (Lipinski definition) is 1. The van der Waals surface area contributed by atoms with Crippen LogP contribution < -0.4 is 4.90 Å². The summed E-state index contributed by atoms with van der Waals surface area (Å²) in [6, 6.07) is 7.79. The Morgan fingerprint density at radius 1 is 1.40 bits per heavy atom. The molecular formula is C12H15NO2. The van der Waals surface area contributed by atoms with Crippen LogP contribution in [0.1, 0.15) is 25.3 Å². The third-order valence-corrected chi connectivity index (χ3v) is 2.88. The summed E-state index contributed by atoms with van der Waals surface area (Å²) in [5.41, 5.74) is 1.81. The summed E-state index contributed by atoms with van der Waals surface area (Å²) < 4.78 is 0. The molecule has 0 aromatic heterocycles. The molecule has 1 saturated heterocycles. The van der Waals surface area contributed by atoms with Crippen LogP contribution in [0.15, 0.2) is 24.3 Å². The van der Waals surface area contributed by atoms with Crippen molar-refractivity contribution in [3.63, 3.8) is 0 Å². The fourth-order valence-electron chi connectivity index (χ4n) is 1.99.